The fraction of sp³-hybridized carbons (Fsp3) is 0.111. The maximum atomic E-state index is 12.8. The van der Waals surface area contributed by atoms with Gasteiger partial charge in [-0.2, -0.15) is 0 Å². The molecule has 1 aromatic carbocycles. The van der Waals surface area contributed by atoms with Gasteiger partial charge < -0.3 is 4.74 Å². The molecule has 1 amide bonds. The molecule has 1 aliphatic rings. The highest BCUT2D eigenvalue weighted by Gasteiger charge is 2.32. The standard InChI is InChI=1S/C18H13BrN2O3S2/c19-14-3-4-15(24-7-6-22)13(8-14)9-16-17(23)21(18(25)26-16)11-12-2-1-5-20-10-12/h1-6,8-10H,7,11H2/b16-9-. The monoisotopic (exact) mass is 448 g/mol. The van der Waals surface area contributed by atoms with E-state index in [1.54, 1.807) is 29.4 Å². The SMILES string of the molecule is O=CCOc1ccc(Br)cc1/C=C1\SC(=S)N(Cc2cccnc2)C1=O. The average molecular weight is 449 g/mol. The third kappa shape index (κ3) is 4.38. The smallest absolute Gasteiger partial charge is 0.266 e. The lowest BCUT2D eigenvalue weighted by Crippen LogP contribution is -2.27. The van der Waals surface area contributed by atoms with Gasteiger partial charge in [0.25, 0.3) is 5.91 Å². The number of ether oxygens (including phenoxy) is 1. The zero-order chi connectivity index (χ0) is 18.5. The van der Waals surface area contributed by atoms with Crippen molar-refractivity contribution in [1.82, 2.24) is 9.88 Å². The molecular formula is C18H13BrN2O3S2. The second kappa shape index (κ2) is 8.57. The van der Waals surface area contributed by atoms with Gasteiger partial charge in [0.1, 0.15) is 16.7 Å². The Morgan fingerprint density at radius 2 is 2.19 bits per heavy atom. The summed E-state index contributed by atoms with van der Waals surface area (Å²) >= 11 is 10.0. The molecule has 0 aliphatic carbocycles. The fourth-order valence-corrected chi connectivity index (χ4v) is 3.96. The zero-order valence-electron chi connectivity index (χ0n) is 13.4. The number of hydrogen-bond donors (Lipinski definition) is 0. The Morgan fingerprint density at radius 1 is 1.35 bits per heavy atom. The summed E-state index contributed by atoms with van der Waals surface area (Å²) in [4.78, 5) is 29.4. The second-order valence-corrected chi connectivity index (χ2v) is 7.88. The van der Waals surface area contributed by atoms with Crippen LogP contribution in [0.4, 0.5) is 0 Å². The van der Waals surface area contributed by atoms with Crippen LogP contribution in [0.2, 0.25) is 0 Å². The van der Waals surface area contributed by atoms with Crippen molar-refractivity contribution in [1.29, 1.82) is 0 Å². The first-order chi connectivity index (χ1) is 12.6. The minimum absolute atomic E-state index is 0.0512. The van der Waals surface area contributed by atoms with Gasteiger partial charge in [0.05, 0.1) is 11.4 Å². The number of halogens is 1. The van der Waals surface area contributed by atoms with Gasteiger partial charge in [-0.05, 0) is 35.9 Å². The number of thioether (sulfide) groups is 1. The summed E-state index contributed by atoms with van der Waals surface area (Å²) in [7, 11) is 0. The summed E-state index contributed by atoms with van der Waals surface area (Å²) in [5, 5.41) is 0. The summed E-state index contributed by atoms with van der Waals surface area (Å²) < 4.78 is 6.76. The molecule has 3 rings (SSSR count). The van der Waals surface area contributed by atoms with E-state index in [0.717, 1.165) is 10.0 Å². The molecule has 1 aliphatic heterocycles. The summed E-state index contributed by atoms with van der Waals surface area (Å²) in [6.07, 6.45) is 5.80. The molecule has 2 aromatic rings. The van der Waals surface area contributed by atoms with Crippen LogP contribution in [-0.2, 0) is 16.1 Å². The van der Waals surface area contributed by atoms with Crippen molar-refractivity contribution < 1.29 is 14.3 Å². The molecule has 26 heavy (non-hydrogen) atoms. The third-order valence-electron chi connectivity index (χ3n) is 3.50. The number of rotatable bonds is 6. The van der Waals surface area contributed by atoms with Crippen LogP contribution in [0.15, 0.2) is 52.1 Å². The quantitative estimate of drug-likeness (QED) is 0.380. The van der Waals surface area contributed by atoms with Crippen LogP contribution in [0.1, 0.15) is 11.1 Å². The maximum absolute atomic E-state index is 12.8. The van der Waals surface area contributed by atoms with Crippen molar-refractivity contribution in [3.8, 4) is 5.75 Å². The number of carbonyl (C=O) groups excluding carboxylic acids is 2. The predicted molar refractivity (Wildman–Crippen MR) is 109 cm³/mol. The number of aldehydes is 1. The van der Waals surface area contributed by atoms with E-state index in [1.165, 1.54) is 11.8 Å². The Hall–Kier alpha value is -2.03. The van der Waals surface area contributed by atoms with Crippen LogP contribution >= 0.6 is 39.9 Å². The van der Waals surface area contributed by atoms with E-state index >= 15 is 0 Å². The topological polar surface area (TPSA) is 59.5 Å². The first kappa shape index (κ1) is 18.8. The van der Waals surface area contributed by atoms with Gasteiger partial charge >= 0.3 is 0 Å². The highest BCUT2D eigenvalue weighted by molar-refractivity contribution is 9.10. The van der Waals surface area contributed by atoms with Crippen molar-refractivity contribution >= 4 is 62.5 Å². The first-order valence-electron chi connectivity index (χ1n) is 7.59. The molecule has 8 heteroatoms. The summed E-state index contributed by atoms with van der Waals surface area (Å²) in [6.45, 7) is 0.327. The van der Waals surface area contributed by atoms with Crippen LogP contribution in [0.25, 0.3) is 6.08 Å². The van der Waals surface area contributed by atoms with Gasteiger partial charge in [0, 0.05) is 22.4 Å². The van der Waals surface area contributed by atoms with Gasteiger partial charge in [0.2, 0.25) is 0 Å². The first-order valence-corrected chi connectivity index (χ1v) is 9.60. The minimum Gasteiger partial charge on any atom is -0.486 e. The largest absolute Gasteiger partial charge is 0.486 e. The number of hydrogen-bond acceptors (Lipinski definition) is 6. The zero-order valence-corrected chi connectivity index (χ0v) is 16.6. The van der Waals surface area contributed by atoms with E-state index in [0.29, 0.717) is 33.4 Å². The van der Waals surface area contributed by atoms with E-state index in [2.05, 4.69) is 20.9 Å². The Bertz CT molecular complexity index is 887. The van der Waals surface area contributed by atoms with Crippen LogP contribution in [0.5, 0.6) is 5.75 Å². The number of aromatic nitrogens is 1. The molecule has 1 aromatic heterocycles. The van der Waals surface area contributed by atoms with E-state index < -0.39 is 0 Å². The molecule has 0 atom stereocenters. The van der Waals surface area contributed by atoms with E-state index in [-0.39, 0.29) is 12.5 Å². The van der Waals surface area contributed by atoms with Gasteiger partial charge in [-0.1, -0.05) is 46.0 Å². The molecule has 1 saturated heterocycles. The average Bonchev–Trinajstić information content (AvgIpc) is 2.89. The molecule has 2 heterocycles. The van der Waals surface area contributed by atoms with Gasteiger partial charge in [-0.25, -0.2) is 0 Å². The van der Waals surface area contributed by atoms with Gasteiger partial charge in [-0.15, -0.1) is 0 Å². The minimum atomic E-state index is -0.162. The molecule has 0 N–H and O–H groups in total. The van der Waals surface area contributed by atoms with Crippen molar-refractivity contribution in [2.75, 3.05) is 6.61 Å². The summed E-state index contributed by atoms with van der Waals surface area (Å²) in [5.74, 6) is 0.364. The number of nitrogens with zero attached hydrogens (tertiary/aromatic N) is 2. The number of benzene rings is 1. The maximum Gasteiger partial charge on any atom is 0.266 e. The highest BCUT2D eigenvalue weighted by atomic mass is 79.9. The van der Waals surface area contributed by atoms with Crippen LogP contribution in [0, 0.1) is 0 Å². The van der Waals surface area contributed by atoms with Crippen molar-refractivity contribution in [2.45, 2.75) is 6.54 Å². The molecule has 1 fully saturated rings. The Labute approximate surface area is 168 Å². The molecule has 0 unspecified atom stereocenters. The van der Waals surface area contributed by atoms with Gasteiger partial charge in [0.15, 0.2) is 6.29 Å². The van der Waals surface area contributed by atoms with E-state index in [1.807, 2.05) is 24.3 Å². The van der Waals surface area contributed by atoms with Gasteiger partial charge in [-0.3, -0.25) is 19.5 Å². The molecule has 5 nitrogen and oxygen atoms in total. The van der Waals surface area contributed by atoms with Crippen LogP contribution in [0.3, 0.4) is 0 Å². The number of pyridine rings is 1. The molecule has 0 radical (unpaired) electrons. The lowest BCUT2D eigenvalue weighted by Gasteiger charge is -2.14. The molecule has 0 spiro atoms. The van der Waals surface area contributed by atoms with Crippen molar-refractivity contribution in [2.24, 2.45) is 0 Å². The van der Waals surface area contributed by atoms with Crippen LogP contribution < -0.4 is 4.74 Å². The molecular weight excluding hydrogens is 436 g/mol. The third-order valence-corrected chi connectivity index (χ3v) is 5.37. The van der Waals surface area contributed by atoms with E-state index in [9.17, 15) is 9.59 Å². The summed E-state index contributed by atoms with van der Waals surface area (Å²) in [5.41, 5.74) is 1.60. The fourth-order valence-electron chi connectivity index (χ4n) is 2.34. The predicted octanol–water partition coefficient (Wildman–Crippen LogP) is 3.82. The Balaban J connectivity index is 1.86. The lowest BCUT2D eigenvalue weighted by molar-refractivity contribution is -0.122. The number of thiocarbonyl (C=S) groups is 1. The molecule has 0 saturated carbocycles. The second-order valence-electron chi connectivity index (χ2n) is 5.29. The highest BCUT2D eigenvalue weighted by Crippen LogP contribution is 2.35. The Kier molecular flexibility index (Phi) is 6.18. The Morgan fingerprint density at radius 3 is 2.92 bits per heavy atom. The summed E-state index contributed by atoms with van der Waals surface area (Å²) in [6, 6.07) is 9.10. The van der Waals surface area contributed by atoms with E-state index in [4.69, 9.17) is 17.0 Å². The van der Waals surface area contributed by atoms with Crippen LogP contribution in [-0.4, -0.2) is 33.0 Å². The molecule has 132 valence electrons. The number of amides is 1. The lowest BCUT2D eigenvalue weighted by atomic mass is 10.2. The normalized spacial score (nSPS) is 15.6. The van der Waals surface area contributed by atoms with Crippen molar-refractivity contribution in [3.63, 3.8) is 0 Å². The molecule has 0 bridgehead atoms. The van der Waals surface area contributed by atoms with Crippen molar-refractivity contribution in [3.05, 3.63) is 63.2 Å². The number of carbonyl (C=O) groups is 2.